The minimum atomic E-state index is -0.540. The first-order chi connectivity index (χ1) is 13.2. The normalized spacial score (nSPS) is 10.9. The van der Waals surface area contributed by atoms with Crippen LogP contribution in [0.2, 0.25) is 0 Å². The number of hydrogen-bond donors (Lipinski definition) is 1. The van der Waals surface area contributed by atoms with Crippen molar-refractivity contribution in [1.82, 2.24) is 9.55 Å². The van der Waals surface area contributed by atoms with Gasteiger partial charge in [0.15, 0.2) is 0 Å². The van der Waals surface area contributed by atoms with Crippen LogP contribution in [0, 0.1) is 5.82 Å². The van der Waals surface area contributed by atoms with Gasteiger partial charge in [0.05, 0.1) is 22.9 Å². The third kappa shape index (κ3) is 3.72. The molecule has 0 spiro atoms. The van der Waals surface area contributed by atoms with Crippen LogP contribution in [0.3, 0.4) is 0 Å². The third-order valence-electron chi connectivity index (χ3n) is 4.48. The monoisotopic (exact) mass is 359 g/mol. The Morgan fingerprint density at radius 3 is 2.59 bits per heavy atom. The smallest absolute Gasteiger partial charge is 0.258 e. The van der Waals surface area contributed by atoms with Gasteiger partial charge in [-0.1, -0.05) is 42.5 Å². The van der Waals surface area contributed by atoms with E-state index in [9.17, 15) is 9.18 Å². The van der Waals surface area contributed by atoms with Gasteiger partial charge in [-0.2, -0.15) is 0 Å². The van der Waals surface area contributed by atoms with Crippen LogP contribution < -0.4 is 5.32 Å². The van der Waals surface area contributed by atoms with E-state index in [2.05, 4.69) is 27.0 Å². The van der Waals surface area contributed by atoms with Gasteiger partial charge in [0.25, 0.3) is 5.91 Å². The van der Waals surface area contributed by atoms with Gasteiger partial charge in [-0.3, -0.25) is 4.79 Å². The van der Waals surface area contributed by atoms with E-state index in [4.69, 9.17) is 0 Å². The first-order valence-electron chi connectivity index (χ1n) is 8.75. The lowest BCUT2D eigenvalue weighted by molar-refractivity contribution is 0.102. The molecule has 0 unspecified atom stereocenters. The number of halogens is 1. The van der Waals surface area contributed by atoms with Crippen molar-refractivity contribution in [2.45, 2.75) is 13.0 Å². The number of carbonyl (C=O) groups excluding carboxylic acids is 1. The highest BCUT2D eigenvalue weighted by Gasteiger charge is 2.12. The second-order valence-electron chi connectivity index (χ2n) is 6.31. The second-order valence-corrected chi connectivity index (χ2v) is 6.31. The summed E-state index contributed by atoms with van der Waals surface area (Å²) < 4.78 is 15.8. The first-order valence-corrected chi connectivity index (χ1v) is 8.75. The molecule has 4 rings (SSSR count). The summed E-state index contributed by atoms with van der Waals surface area (Å²) in [4.78, 5) is 16.7. The van der Waals surface area contributed by atoms with Crippen LogP contribution in [-0.2, 0) is 13.0 Å². The van der Waals surface area contributed by atoms with Gasteiger partial charge in [0.1, 0.15) is 5.82 Å². The molecule has 0 saturated heterocycles. The van der Waals surface area contributed by atoms with E-state index in [1.54, 1.807) is 24.5 Å². The summed E-state index contributed by atoms with van der Waals surface area (Å²) in [5.74, 6) is -1.02. The standard InChI is InChI=1S/C22H18FN3O/c23-19-9-5-4-8-18(19)22(27)25-17-10-11-21-20(14-17)24-15-26(21)13-12-16-6-2-1-3-7-16/h1-11,14-15H,12-13H2,(H,25,27). The molecule has 0 aliphatic carbocycles. The number of nitrogens with one attached hydrogen (secondary N) is 1. The number of amides is 1. The predicted octanol–water partition coefficient (Wildman–Crippen LogP) is 4.67. The maximum absolute atomic E-state index is 13.7. The van der Waals surface area contributed by atoms with Crippen LogP contribution >= 0.6 is 0 Å². The van der Waals surface area contributed by atoms with Crippen molar-refractivity contribution in [3.8, 4) is 0 Å². The second kappa shape index (κ2) is 7.41. The SMILES string of the molecule is O=C(Nc1ccc2c(c1)ncn2CCc1ccccc1)c1ccccc1F. The molecule has 0 bridgehead atoms. The fourth-order valence-corrected chi connectivity index (χ4v) is 3.06. The molecule has 1 N–H and O–H groups in total. The number of imidazole rings is 1. The molecule has 1 heterocycles. The molecule has 0 aliphatic heterocycles. The molecule has 0 saturated carbocycles. The Morgan fingerprint density at radius 1 is 1.00 bits per heavy atom. The molecule has 134 valence electrons. The molecule has 1 aromatic heterocycles. The number of aryl methyl sites for hydroxylation is 2. The maximum atomic E-state index is 13.7. The Balaban J connectivity index is 1.50. The van der Waals surface area contributed by atoms with Gasteiger partial charge in [0.2, 0.25) is 0 Å². The van der Waals surface area contributed by atoms with Crippen LogP contribution in [-0.4, -0.2) is 15.5 Å². The molecule has 0 radical (unpaired) electrons. The van der Waals surface area contributed by atoms with Crippen molar-refractivity contribution in [3.05, 3.63) is 96.1 Å². The van der Waals surface area contributed by atoms with Crippen molar-refractivity contribution >= 4 is 22.6 Å². The van der Waals surface area contributed by atoms with Crippen LogP contribution in [0.15, 0.2) is 79.1 Å². The number of hydrogen-bond acceptors (Lipinski definition) is 2. The Hall–Kier alpha value is -3.47. The van der Waals surface area contributed by atoms with E-state index in [1.807, 2.05) is 30.3 Å². The average molecular weight is 359 g/mol. The number of fused-ring (bicyclic) bond motifs is 1. The van der Waals surface area contributed by atoms with Crippen molar-refractivity contribution in [2.75, 3.05) is 5.32 Å². The van der Waals surface area contributed by atoms with Gasteiger partial charge in [-0.25, -0.2) is 9.37 Å². The number of aromatic nitrogens is 2. The summed E-state index contributed by atoms with van der Waals surface area (Å²) in [5.41, 5.74) is 3.66. The van der Waals surface area contributed by atoms with Crippen LogP contribution in [0.5, 0.6) is 0 Å². The van der Waals surface area contributed by atoms with Crippen molar-refractivity contribution in [2.24, 2.45) is 0 Å². The van der Waals surface area contributed by atoms with E-state index in [1.165, 1.54) is 17.7 Å². The van der Waals surface area contributed by atoms with Gasteiger partial charge in [-0.15, -0.1) is 0 Å². The summed E-state index contributed by atoms with van der Waals surface area (Å²) in [7, 11) is 0. The van der Waals surface area contributed by atoms with Gasteiger partial charge < -0.3 is 9.88 Å². The van der Waals surface area contributed by atoms with Gasteiger partial charge in [-0.05, 0) is 42.3 Å². The fraction of sp³-hybridized carbons (Fsp3) is 0.0909. The molecule has 4 nitrogen and oxygen atoms in total. The Morgan fingerprint density at radius 2 is 1.78 bits per heavy atom. The molecule has 5 heteroatoms. The van der Waals surface area contributed by atoms with Crippen LogP contribution in [0.25, 0.3) is 11.0 Å². The van der Waals surface area contributed by atoms with Crippen molar-refractivity contribution < 1.29 is 9.18 Å². The lowest BCUT2D eigenvalue weighted by Crippen LogP contribution is -2.13. The summed E-state index contributed by atoms with van der Waals surface area (Å²) in [6, 6.07) is 21.7. The largest absolute Gasteiger partial charge is 0.330 e. The molecular weight excluding hydrogens is 341 g/mol. The Kier molecular flexibility index (Phi) is 4.66. The topological polar surface area (TPSA) is 46.9 Å². The molecule has 1 amide bonds. The third-order valence-corrected chi connectivity index (χ3v) is 4.48. The highest BCUT2D eigenvalue weighted by atomic mass is 19.1. The molecule has 4 aromatic rings. The van der Waals surface area contributed by atoms with E-state index in [0.29, 0.717) is 5.69 Å². The molecule has 27 heavy (non-hydrogen) atoms. The number of carbonyl (C=O) groups is 1. The summed E-state index contributed by atoms with van der Waals surface area (Å²) in [5, 5.41) is 2.73. The zero-order chi connectivity index (χ0) is 18.6. The van der Waals surface area contributed by atoms with E-state index in [-0.39, 0.29) is 5.56 Å². The van der Waals surface area contributed by atoms with E-state index >= 15 is 0 Å². The van der Waals surface area contributed by atoms with Crippen LogP contribution in [0.1, 0.15) is 15.9 Å². The zero-order valence-corrected chi connectivity index (χ0v) is 14.6. The fourth-order valence-electron chi connectivity index (χ4n) is 3.06. The minimum Gasteiger partial charge on any atom is -0.330 e. The number of benzene rings is 3. The Labute approximate surface area is 156 Å². The Bertz CT molecular complexity index is 1090. The summed E-state index contributed by atoms with van der Waals surface area (Å²) >= 11 is 0. The molecule has 0 fully saturated rings. The van der Waals surface area contributed by atoms with Crippen LogP contribution in [0.4, 0.5) is 10.1 Å². The first kappa shape index (κ1) is 17.0. The van der Waals surface area contributed by atoms with E-state index < -0.39 is 11.7 Å². The number of rotatable bonds is 5. The van der Waals surface area contributed by atoms with Gasteiger partial charge in [0, 0.05) is 12.2 Å². The van der Waals surface area contributed by atoms with Gasteiger partial charge >= 0.3 is 0 Å². The van der Waals surface area contributed by atoms with Crippen molar-refractivity contribution in [3.63, 3.8) is 0 Å². The average Bonchev–Trinajstić information content (AvgIpc) is 3.10. The molecule has 0 aliphatic rings. The zero-order valence-electron chi connectivity index (χ0n) is 14.6. The maximum Gasteiger partial charge on any atom is 0.258 e. The number of anilines is 1. The van der Waals surface area contributed by atoms with Crippen molar-refractivity contribution in [1.29, 1.82) is 0 Å². The molecular formula is C22H18FN3O. The highest BCUT2D eigenvalue weighted by Crippen LogP contribution is 2.20. The minimum absolute atomic E-state index is 0.0194. The lowest BCUT2D eigenvalue weighted by atomic mass is 10.1. The molecule has 0 atom stereocenters. The summed E-state index contributed by atoms with van der Waals surface area (Å²) in [6.45, 7) is 0.821. The predicted molar refractivity (Wildman–Crippen MR) is 104 cm³/mol. The lowest BCUT2D eigenvalue weighted by Gasteiger charge is -2.07. The number of nitrogens with zero attached hydrogens (tertiary/aromatic N) is 2. The summed E-state index contributed by atoms with van der Waals surface area (Å²) in [6.07, 6.45) is 2.72. The molecule has 3 aromatic carbocycles. The highest BCUT2D eigenvalue weighted by molar-refractivity contribution is 6.05. The quantitative estimate of drug-likeness (QED) is 0.563. The van der Waals surface area contributed by atoms with E-state index in [0.717, 1.165) is 24.0 Å².